The molecule has 0 aliphatic rings. The molecular weight excluding hydrogens is 172 g/mol. The van der Waals surface area contributed by atoms with Crippen molar-refractivity contribution in [2.45, 2.75) is 32.6 Å². The maximum atomic E-state index is 5.01. The van der Waals surface area contributed by atoms with Crippen LogP contribution < -0.4 is 0 Å². The fourth-order valence-corrected chi connectivity index (χ4v) is 1.62. The normalized spacial score (nSPS) is 10.4. The highest BCUT2D eigenvalue weighted by Gasteiger charge is 1.93. The van der Waals surface area contributed by atoms with Gasteiger partial charge < -0.3 is 4.74 Å². The number of aryl methyl sites for hydroxylation is 2. The summed E-state index contributed by atoms with van der Waals surface area (Å²) in [5, 5.41) is 0. The van der Waals surface area contributed by atoms with Gasteiger partial charge in [0.15, 0.2) is 0 Å². The van der Waals surface area contributed by atoms with E-state index >= 15 is 0 Å². The molecule has 14 heavy (non-hydrogen) atoms. The smallest absolute Gasteiger partial charge is 0.0462 e. The molecule has 0 aliphatic carbocycles. The summed E-state index contributed by atoms with van der Waals surface area (Å²) in [6.07, 6.45) is 4.92. The molecule has 0 spiro atoms. The van der Waals surface area contributed by atoms with Gasteiger partial charge in [0.25, 0.3) is 0 Å². The van der Waals surface area contributed by atoms with Crippen LogP contribution in [-0.4, -0.2) is 13.7 Å². The highest BCUT2D eigenvalue weighted by molar-refractivity contribution is 5.22. The molecule has 1 heteroatoms. The third kappa shape index (κ3) is 4.43. The van der Waals surface area contributed by atoms with E-state index in [0.717, 1.165) is 6.61 Å². The molecule has 0 heterocycles. The zero-order valence-electron chi connectivity index (χ0n) is 9.25. The van der Waals surface area contributed by atoms with Crippen LogP contribution in [0.2, 0.25) is 0 Å². The molecule has 0 aromatic heterocycles. The summed E-state index contributed by atoms with van der Waals surface area (Å²) in [4.78, 5) is 0. The summed E-state index contributed by atoms with van der Waals surface area (Å²) < 4.78 is 5.01. The van der Waals surface area contributed by atoms with Crippen LogP contribution >= 0.6 is 0 Å². The molecule has 1 rings (SSSR count). The number of methoxy groups -OCH3 is 1. The Balaban J connectivity index is 2.18. The lowest BCUT2D eigenvalue weighted by Gasteiger charge is -2.02. The second-order valence-electron chi connectivity index (χ2n) is 3.79. The maximum Gasteiger partial charge on any atom is 0.0462 e. The van der Waals surface area contributed by atoms with Gasteiger partial charge in [0.05, 0.1) is 0 Å². The van der Waals surface area contributed by atoms with Crippen LogP contribution in [0.25, 0.3) is 0 Å². The Morgan fingerprint density at radius 3 is 2.71 bits per heavy atom. The second kappa shape index (κ2) is 6.61. The molecule has 0 fully saturated rings. The maximum absolute atomic E-state index is 5.01. The lowest BCUT2D eigenvalue weighted by Crippen LogP contribution is -1.90. The summed E-state index contributed by atoms with van der Waals surface area (Å²) >= 11 is 0. The van der Waals surface area contributed by atoms with Crippen molar-refractivity contribution in [3.63, 3.8) is 0 Å². The van der Waals surface area contributed by atoms with E-state index in [9.17, 15) is 0 Å². The van der Waals surface area contributed by atoms with Crippen molar-refractivity contribution in [2.75, 3.05) is 13.7 Å². The Morgan fingerprint density at radius 1 is 1.14 bits per heavy atom. The molecule has 0 saturated heterocycles. The number of hydrogen-bond acceptors (Lipinski definition) is 1. The average molecular weight is 192 g/mol. The minimum atomic E-state index is 0.897. The number of unbranched alkanes of at least 4 members (excludes halogenated alkanes) is 2. The zero-order valence-corrected chi connectivity index (χ0v) is 9.25. The van der Waals surface area contributed by atoms with Crippen molar-refractivity contribution < 1.29 is 4.74 Å². The molecule has 1 aromatic carbocycles. The molecule has 0 amide bonds. The number of ether oxygens (including phenoxy) is 1. The highest BCUT2D eigenvalue weighted by Crippen LogP contribution is 2.08. The summed E-state index contributed by atoms with van der Waals surface area (Å²) in [5.74, 6) is 0. The molecule has 1 aromatic rings. The van der Waals surface area contributed by atoms with Gasteiger partial charge in [-0.2, -0.15) is 0 Å². The van der Waals surface area contributed by atoms with Crippen molar-refractivity contribution in [3.05, 3.63) is 35.4 Å². The van der Waals surface area contributed by atoms with Crippen LogP contribution in [0, 0.1) is 6.92 Å². The first-order valence-electron chi connectivity index (χ1n) is 5.37. The van der Waals surface area contributed by atoms with Gasteiger partial charge in [0.1, 0.15) is 0 Å². The molecule has 0 atom stereocenters. The van der Waals surface area contributed by atoms with E-state index in [0.29, 0.717) is 0 Å². The van der Waals surface area contributed by atoms with E-state index < -0.39 is 0 Å². The molecule has 0 bridgehead atoms. The third-order valence-electron chi connectivity index (χ3n) is 2.40. The van der Waals surface area contributed by atoms with E-state index in [-0.39, 0.29) is 0 Å². The van der Waals surface area contributed by atoms with Gasteiger partial charge in [0.2, 0.25) is 0 Å². The predicted molar refractivity (Wildman–Crippen MR) is 60.6 cm³/mol. The lowest BCUT2D eigenvalue weighted by atomic mass is 10.1. The Hall–Kier alpha value is -0.820. The van der Waals surface area contributed by atoms with Gasteiger partial charge in [0, 0.05) is 13.7 Å². The van der Waals surface area contributed by atoms with Crippen LogP contribution in [0.4, 0.5) is 0 Å². The van der Waals surface area contributed by atoms with Gasteiger partial charge >= 0.3 is 0 Å². The molecule has 0 aliphatic heterocycles. The standard InChI is InChI=1S/C13H20O/c1-12-7-6-9-13(11-12)8-4-3-5-10-14-2/h6-7,9,11H,3-5,8,10H2,1-2H3. The first-order chi connectivity index (χ1) is 6.83. The van der Waals surface area contributed by atoms with Crippen LogP contribution in [0.1, 0.15) is 30.4 Å². The van der Waals surface area contributed by atoms with Crippen LogP contribution in [-0.2, 0) is 11.2 Å². The number of rotatable bonds is 6. The fourth-order valence-electron chi connectivity index (χ4n) is 1.62. The molecular formula is C13H20O. The fraction of sp³-hybridized carbons (Fsp3) is 0.538. The van der Waals surface area contributed by atoms with Crippen molar-refractivity contribution in [1.82, 2.24) is 0 Å². The van der Waals surface area contributed by atoms with Gasteiger partial charge in [-0.1, -0.05) is 36.2 Å². The first kappa shape index (κ1) is 11.3. The Kier molecular flexibility index (Phi) is 5.31. The third-order valence-corrected chi connectivity index (χ3v) is 2.40. The zero-order chi connectivity index (χ0) is 10.2. The van der Waals surface area contributed by atoms with Crippen molar-refractivity contribution >= 4 is 0 Å². The topological polar surface area (TPSA) is 9.23 Å². The minimum absolute atomic E-state index is 0.897. The van der Waals surface area contributed by atoms with Crippen molar-refractivity contribution in [1.29, 1.82) is 0 Å². The van der Waals surface area contributed by atoms with Crippen LogP contribution in [0.15, 0.2) is 24.3 Å². The Bertz CT molecular complexity index is 255. The van der Waals surface area contributed by atoms with Gasteiger partial charge in [-0.3, -0.25) is 0 Å². The second-order valence-corrected chi connectivity index (χ2v) is 3.79. The van der Waals surface area contributed by atoms with Crippen LogP contribution in [0.3, 0.4) is 0 Å². The van der Waals surface area contributed by atoms with Crippen molar-refractivity contribution in [3.8, 4) is 0 Å². The van der Waals surface area contributed by atoms with E-state index in [4.69, 9.17) is 4.74 Å². The Labute approximate surface area is 87.1 Å². The van der Waals surface area contributed by atoms with E-state index in [1.165, 1.54) is 36.8 Å². The van der Waals surface area contributed by atoms with Gasteiger partial charge in [-0.05, 0) is 31.7 Å². The SMILES string of the molecule is COCCCCCc1cccc(C)c1. The van der Waals surface area contributed by atoms with E-state index in [2.05, 4.69) is 31.2 Å². The van der Waals surface area contributed by atoms with E-state index in [1.807, 2.05) is 0 Å². The monoisotopic (exact) mass is 192 g/mol. The number of benzene rings is 1. The molecule has 1 nitrogen and oxygen atoms in total. The summed E-state index contributed by atoms with van der Waals surface area (Å²) in [6, 6.07) is 8.77. The van der Waals surface area contributed by atoms with Gasteiger partial charge in [-0.25, -0.2) is 0 Å². The molecule has 0 N–H and O–H groups in total. The number of hydrogen-bond donors (Lipinski definition) is 0. The molecule has 0 radical (unpaired) electrons. The Morgan fingerprint density at radius 2 is 2.00 bits per heavy atom. The molecule has 0 saturated carbocycles. The van der Waals surface area contributed by atoms with Crippen molar-refractivity contribution in [2.24, 2.45) is 0 Å². The summed E-state index contributed by atoms with van der Waals surface area (Å²) in [6.45, 7) is 3.04. The summed E-state index contributed by atoms with van der Waals surface area (Å²) in [7, 11) is 1.76. The van der Waals surface area contributed by atoms with Gasteiger partial charge in [-0.15, -0.1) is 0 Å². The van der Waals surface area contributed by atoms with E-state index in [1.54, 1.807) is 7.11 Å². The molecule has 78 valence electrons. The lowest BCUT2D eigenvalue weighted by molar-refractivity contribution is 0.192. The predicted octanol–water partition coefficient (Wildman–Crippen LogP) is 3.35. The molecule has 0 unspecified atom stereocenters. The first-order valence-corrected chi connectivity index (χ1v) is 5.37. The highest BCUT2D eigenvalue weighted by atomic mass is 16.5. The summed E-state index contributed by atoms with van der Waals surface area (Å²) in [5.41, 5.74) is 2.82. The quantitative estimate of drug-likeness (QED) is 0.628. The van der Waals surface area contributed by atoms with Crippen LogP contribution in [0.5, 0.6) is 0 Å². The minimum Gasteiger partial charge on any atom is -0.385 e. The average Bonchev–Trinajstić information content (AvgIpc) is 2.18. The largest absolute Gasteiger partial charge is 0.385 e.